The van der Waals surface area contributed by atoms with Gasteiger partial charge in [-0.15, -0.1) is 0 Å². The van der Waals surface area contributed by atoms with E-state index in [1.807, 2.05) is 12.1 Å². The van der Waals surface area contributed by atoms with Gasteiger partial charge in [0.1, 0.15) is 0 Å². The van der Waals surface area contributed by atoms with E-state index in [2.05, 4.69) is 32.9 Å². The molecule has 2 aromatic carbocycles. The lowest BCUT2D eigenvalue weighted by atomic mass is 9.94. The van der Waals surface area contributed by atoms with Crippen molar-refractivity contribution in [2.24, 2.45) is 0 Å². The van der Waals surface area contributed by atoms with Gasteiger partial charge in [0.15, 0.2) is 0 Å². The SMILES string of the molecule is Cc1cc(C)c(Cc2ccccc2P(=O)(O)OC(C)C)c(C)c1. The van der Waals surface area contributed by atoms with Crippen molar-refractivity contribution in [1.29, 1.82) is 0 Å². The predicted molar refractivity (Wildman–Crippen MR) is 95.6 cm³/mol. The molecule has 0 saturated carbocycles. The van der Waals surface area contributed by atoms with Crippen LogP contribution in [0.3, 0.4) is 0 Å². The van der Waals surface area contributed by atoms with Crippen molar-refractivity contribution < 1.29 is 14.0 Å². The minimum atomic E-state index is -3.82. The monoisotopic (exact) mass is 332 g/mol. The normalized spacial score (nSPS) is 14.0. The average molecular weight is 332 g/mol. The lowest BCUT2D eigenvalue weighted by Gasteiger charge is -2.19. The standard InChI is InChI=1S/C19H25O3P/c1-13(2)22-23(20,21)19-9-7-6-8-17(19)12-18-15(4)10-14(3)11-16(18)5/h6-11,13H,12H2,1-5H3,(H,20,21). The summed E-state index contributed by atoms with van der Waals surface area (Å²) in [5.74, 6) is 0. The number of hydrogen-bond donors (Lipinski definition) is 1. The first kappa shape index (κ1) is 17.9. The van der Waals surface area contributed by atoms with Crippen LogP contribution in [0.15, 0.2) is 36.4 Å². The Bertz CT molecular complexity index is 727. The van der Waals surface area contributed by atoms with E-state index >= 15 is 0 Å². The van der Waals surface area contributed by atoms with Gasteiger partial charge in [0, 0.05) is 0 Å². The molecule has 0 spiro atoms. The first-order valence-electron chi connectivity index (χ1n) is 7.87. The average Bonchev–Trinajstić information content (AvgIpc) is 2.41. The van der Waals surface area contributed by atoms with Crippen LogP contribution in [0.4, 0.5) is 0 Å². The van der Waals surface area contributed by atoms with Gasteiger partial charge in [0.05, 0.1) is 11.4 Å². The molecule has 2 rings (SSSR count). The van der Waals surface area contributed by atoms with Crippen LogP contribution >= 0.6 is 7.60 Å². The van der Waals surface area contributed by atoms with Gasteiger partial charge < -0.3 is 9.42 Å². The molecule has 3 nitrogen and oxygen atoms in total. The van der Waals surface area contributed by atoms with E-state index in [0.29, 0.717) is 11.7 Å². The second kappa shape index (κ2) is 7.00. The Labute approximate surface area is 138 Å². The highest BCUT2D eigenvalue weighted by Gasteiger charge is 2.27. The molecule has 1 atom stereocenters. The summed E-state index contributed by atoms with van der Waals surface area (Å²) in [6, 6.07) is 11.6. The van der Waals surface area contributed by atoms with E-state index in [4.69, 9.17) is 4.52 Å². The van der Waals surface area contributed by atoms with Gasteiger partial charge in [-0.05, 0) is 69.4 Å². The number of benzene rings is 2. The number of aryl methyl sites for hydroxylation is 3. The van der Waals surface area contributed by atoms with Crippen LogP contribution in [-0.4, -0.2) is 11.0 Å². The van der Waals surface area contributed by atoms with Crippen LogP contribution in [0.25, 0.3) is 0 Å². The van der Waals surface area contributed by atoms with Crippen LogP contribution in [0.2, 0.25) is 0 Å². The van der Waals surface area contributed by atoms with Crippen molar-refractivity contribution in [3.63, 3.8) is 0 Å². The predicted octanol–water partition coefficient (Wildman–Crippen LogP) is 4.44. The Kier molecular flexibility index (Phi) is 5.46. The molecule has 1 N–H and O–H groups in total. The fourth-order valence-corrected chi connectivity index (χ4v) is 4.43. The smallest absolute Gasteiger partial charge is 0.321 e. The third-order valence-electron chi connectivity index (χ3n) is 3.86. The van der Waals surface area contributed by atoms with Crippen LogP contribution < -0.4 is 5.30 Å². The minimum Gasteiger partial charge on any atom is -0.321 e. The fourth-order valence-electron chi connectivity index (χ4n) is 2.96. The van der Waals surface area contributed by atoms with Crippen molar-refractivity contribution >= 4 is 12.9 Å². The lowest BCUT2D eigenvalue weighted by molar-refractivity contribution is 0.212. The molecule has 0 aromatic heterocycles. The molecule has 1 unspecified atom stereocenters. The maximum atomic E-state index is 12.6. The first-order valence-corrected chi connectivity index (χ1v) is 9.45. The molecule has 23 heavy (non-hydrogen) atoms. The Morgan fingerprint density at radius 2 is 1.65 bits per heavy atom. The molecular formula is C19H25O3P. The first-order chi connectivity index (χ1) is 10.7. The molecule has 2 aromatic rings. The zero-order valence-electron chi connectivity index (χ0n) is 14.5. The molecule has 0 aliphatic heterocycles. The summed E-state index contributed by atoms with van der Waals surface area (Å²) in [5, 5.41) is 0.396. The lowest BCUT2D eigenvalue weighted by Crippen LogP contribution is -2.16. The van der Waals surface area contributed by atoms with Gasteiger partial charge in [-0.3, -0.25) is 4.57 Å². The topological polar surface area (TPSA) is 46.5 Å². The summed E-state index contributed by atoms with van der Waals surface area (Å²) in [6.45, 7) is 9.78. The zero-order valence-corrected chi connectivity index (χ0v) is 15.4. The Balaban J connectivity index is 2.45. The number of hydrogen-bond acceptors (Lipinski definition) is 2. The van der Waals surface area contributed by atoms with E-state index in [1.54, 1.807) is 26.0 Å². The van der Waals surface area contributed by atoms with E-state index < -0.39 is 7.60 Å². The molecule has 0 bridgehead atoms. The molecular weight excluding hydrogens is 307 g/mol. The Hall–Kier alpha value is -1.41. The molecule has 4 heteroatoms. The molecule has 0 fully saturated rings. The summed E-state index contributed by atoms with van der Waals surface area (Å²) in [7, 11) is -3.82. The van der Waals surface area contributed by atoms with Crippen molar-refractivity contribution in [3.8, 4) is 0 Å². The minimum absolute atomic E-state index is 0.304. The van der Waals surface area contributed by atoms with Gasteiger partial charge in [-0.25, -0.2) is 0 Å². The van der Waals surface area contributed by atoms with E-state index in [-0.39, 0.29) is 6.10 Å². The highest BCUT2D eigenvalue weighted by atomic mass is 31.2. The zero-order chi connectivity index (χ0) is 17.2. The van der Waals surface area contributed by atoms with E-state index in [0.717, 1.165) is 5.56 Å². The van der Waals surface area contributed by atoms with Crippen LogP contribution in [0.5, 0.6) is 0 Å². The molecule has 0 amide bonds. The Morgan fingerprint density at radius 3 is 2.22 bits per heavy atom. The van der Waals surface area contributed by atoms with Crippen molar-refractivity contribution in [2.45, 2.75) is 47.1 Å². The van der Waals surface area contributed by atoms with Gasteiger partial charge in [-0.1, -0.05) is 35.9 Å². The molecule has 124 valence electrons. The maximum Gasteiger partial charge on any atom is 0.359 e. The highest BCUT2D eigenvalue weighted by molar-refractivity contribution is 7.61. The maximum absolute atomic E-state index is 12.6. The van der Waals surface area contributed by atoms with Crippen LogP contribution in [-0.2, 0) is 15.5 Å². The molecule has 0 heterocycles. The van der Waals surface area contributed by atoms with Crippen LogP contribution in [0, 0.1) is 20.8 Å². The quantitative estimate of drug-likeness (QED) is 0.824. The summed E-state index contributed by atoms with van der Waals surface area (Å²) >= 11 is 0. The van der Waals surface area contributed by atoms with Gasteiger partial charge in [0.2, 0.25) is 0 Å². The fraction of sp³-hybridized carbons (Fsp3) is 0.368. The summed E-state index contributed by atoms with van der Waals surface area (Å²) in [6.07, 6.45) is 0.321. The second-order valence-electron chi connectivity index (χ2n) is 6.36. The third kappa shape index (κ3) is 4.32. The van der Waals surface area contributed by atoms with Crippen molar-refractivity contribution in [2.75, 3.05) is 0 Å². The van der Waals surface area contributed by atoms with E-state index in [9.17, 15) is 9.46 Å². The largest absolute Gasteiger partial charge is 0.359 e. The van der Waals surface area contributed by atoms with E-state index in [1.165, 1.54) is 22.3 Å². The molecule has 0 saturated heterocycles. The summed E-state index contributed by atoms with van der Waals surface area (Å²) < 4.78 is 17.9. The second-order valence-corrected chi connectivity index (χ2v) is 8.09. The van der Waals surface area contributed by atoms with Crippen LogP contribution in [0.1, 0.15) is 41.7 Å². The van der Waals surface area contributed by atoms with Crippen molar-refractivity contribution in [1.82, 2.24) is 0 Å². The summed E-state index contributed by atoms with van der Waals surface area (Å²) in [4.78, 5) is 10.3. The molecule has 0 aliphatic carbocycles. The van der Waals surface area contributed by atoms with Crippen molar-refractivity contribution in [3.05, 3.63) is 64.2 Å². The molecule has 0 radical (unpaired) electrons. The van der Waals surface area contributed by atoms with Gasteiger partial charge in [-0.2, -0.15) is 0 Å². The summed E-state index contributed by atoms with van der Waals surface area (Å²) in [5.41, 5.74) is 5.68. The van der Waals surface area contributed by atoms with Gasteiger partial charge >= 0.3 is 7.60 Å². The highest BCUT2D eigenvalue weighted by Crippen LogP contribution is 2.43. The molecule has 0 aliphatic rings. The Morgan fingerprint density at radius 1 is 1.09 bits per heavy atom. The number of rotatable bonds is 5. The van der Waals surface area contributed by atoms with Gasteiger partial charge in [0.25, 0.3) is 0 Å². The third-order valence-corrected chi connectivity index (χ3v) is 5.61.